The Morgan fingerprint density at radius 3 is 2.30 bits per heavy atom. The van der Waals surface area contributed by atoms with Gasteiger partial charge in [0.25, 0.3) is 5.91 Å². The number of anilines is 1. The Balaban J connectivity index is 1.61. The predicted molar refractivity (Wildman–Crippen MR) is 150 cm³/mol. The second kappa shape index (κ2) is 14.4. The number of carbonyl (C=O) groups is 3. The molecule has 0 bridgehead atoms. The van der Waals surface area contributed by atoms with E-state index in [1.807, 2.05) is 6.26 Å². The minimum atomic E-state index is -4.69. The summed E-state index contributed by atoms with van der Waals surface area (Å²) in [6.07, 6.45) is 0.975. The van der Waals surface area contributed by atoms with Crippen LogP contribution in [0.5, 0.6) is 0 Å². The fraction of sp³-hybridized carbons (Fsp3) is 0.464. The van der Waals surface area contributed by atoms with Crippen molar-refractivity contribution < 1.29 is 27.6 Å². The maximum atomic E-state index is 13.3. The molecular weight excluding hydrogens is 543 g/mol. The second-order valence-electron chi connectivity index (χ2n) is 9.99. The average Bonchev–Trinajstić information content (AvgIpc) is 2.90. The molecule has 1 saturated carbocycles. The summed E-state index contributed by atoms with van der Waals surface area (Å²) in [5.41, 5.74) is -0.415. The van der Waals surface area contributed by atoms with Gasteiger partial charge in [-0.2, -0.15) is 13.2 Å². The maximum Gasteiger partial charge on any atom is 0.416 e. The molecule has 0 aromatic heterocycles. The van der Waals surface area contributed by atoms with Crippen molar-refractivity contribution >= 4 is 35.3 Å². The van der Waals surface area contributed by atoms with Gasteiger partial charge in [0.05, 0.1) is 23.4 Å². The number of amides is 4. The molecule has 4 amide bonds. The highest BCUT2D eigenvalue weighted by molar-refractivity contribution is 7.98. The molecular formula is C28H36F3N5O3S. The first-order chi connectivity index (χ1) is 19.0. The molecule has 2 aromatic carbocycles. The zero-order valence-electron chi connectivity index (χ0n) is 22.8. The maximum absolute atomic E-state index is 13.3. The highest BCUT2D eigenvalue weighted by Crippen LogP contribution is 2.32. The molecule has 1 aliphatic rings. The van der Waals surface area contributed by atoms with Crippen molar-refractivity contribution in [2.45, 2.75) is 75.3 Å². The highest BCUT2D eigenvalue weighted by Gasteiger charge is 2.32. The molecule has 0 heterocycles. The first-order valence-electron chi connectivity index (χ1n) is 13.2. The minimum absolute atomic E-state index is 0.0485. The fourth-order valence-corrected chi connectivity index (χ4v) is 4.90. The lowest BCUT2D eigenvalue weighted by Gasteiger charge is -2.33. The van der Waals surface area contributed by atoms with E-state index in [0.29, 0.717) is 12.6 Å². The zero-order chi connectivity index (χ0) is 29.3. The Hall–Kier alpha value is -3.25. The monoisotopic (exact) mass is 579 g/mol. The standard InChI is InChI=1S/C28H36F3N5O3S/c1-17(2)34-27(39)36-22-13-10-19(28(29,30)31)14-21(22)26(38)33-16-25(37)35-24-7-5-4-6-23(24)32-15-18-8-11-20(40-3)12-9-18/h8-14,17,23-24,32H,4-7,15-16H2,1-3H3,(H,33,38)(H,35,37)(H2,34,36,39). The Bertz CT molecular complexity index is 1170. The number of urea groups is 1. The van der Waals surface area contributed by atoms with Crippen LogP contribution in [0.1, 0.15) is 61.0 Å². The summed E-state index contributed by atoms with van der Waals surface area (Å²) in [6.45, 7) is 3.66. The van der Waals surface area contributed by atoms with Crippen LogP contribution < -0.4 is 26.6 Å². The summed E-state index contributed by atoms with van der Waals surface area (Å²) in [5.74, 6) is -1.36. The van der Waals surface area contributed by atoms with Crippen LogP contribution in [-0.2, 0) is 17.5 Å². The van der Waals surface area contributed by atoms with Crippen molar-refractivity contribution in [2.24, 2.45) is 0 Å². The van der Waals surface area contributed by atoms with E-state index in [-0.39, 0.29) is 23.8 Å². The van der Waals surface area contributed by atoms with Crippen LogP contribution in [-0.4, -0.2) is 48.8 Å². The first kappa shape index (κ1) is 31.3. The number of hydrogen-bond acceptors (Lipinski definition) is 5. The number of rotatable bonds is 10. The van der Waals surface area contributed by atoms with Crippen LogP contribution >= 0.6 is 11.8 Å². The molecule has 8 nitrogen and oxygen atoms in total. The van der Waals surface area contributed by atoms with E-state index < -0.39 is 41.7 Å². The van der Waals surface area contributed by atoms with E-state index in [2.05, 4.69) is 50.8 Å². The van der Waals surface area contributed by atoms with Crippen LogP contribution in [0.3, 0.4) is 0 Å². The lowest BCUT2D eigenvalue weighted by Crippen LogP contribution is -2.53. The minimum Gasteiger partial charge on any atom is -0.350 e. The van der Waals surface area contributed by atoms with Gasteiger partial charge in [-0.05, 0) is 68.8 Å². The molecule has 0 radical (unpaired) electrons. The van der Waals surface area contributed by atoms with Gasteiger partial charge in [0, 0.05) is 29.6 Å². The van der Waals surface area contributed by atoms with Gasteiger partial charge in [0.2, 0.25) is 5.91 Å². The lowest BCUT2D eigenvalue weighted by molar-refractivity contribution is -0.137. The van der Waals surface area contributed by atoms with Crippen molar-refractivity contribution in [3.63, 3.8) is 0 Å². The van der Waals surface area contributed by atoms with E-state index in [9.17, 15) is 27.6 Å². The molecule has 1 aliphatic carbocycles. The molecule has 2 unspecified atom stereocenters. The van der Waals surface area contributed by atoms with E-state index in [1.54, 1.807) is 25.6 Å². The number of nitrogens with one attached hydrogen (secondary N) is 5. The Kier molecular flexibility index (Phi) is 11.3. The van der Waals surface area contributed by atoms with Gasteiger partial charge in [-0.1, -0.05) is 25.0 Å². The Morgan fingerprint density at radius 2 is 1.68 bits per heavy atom. The van der Waals surface area contributed by atoms with Gasteiger partial charge in [-0.3, -0.25) is 9.59 Å². The third-order valence-corrected chi connectivity index (χ3v) is 7.25. The summed E-state index contributed by atoms with van der Waals surface area (Å²) in [4.78, 5) is 38.9. The van der Waals surface area contributed by atoms with Crippen LogP contribution in [0, 0.1) is 0 Å². The smallest absolute Gasteiger partial charge is 0.350 e. The fourth-order valence-electron chi connectivity index (χ4n) is 4.49. The molecule has 2 atom stereocenters. The summed E-state index contributed by atoms with van der Waals surface area (Å²) < 4.78 is 39.9. The first-order valence-corrected chi connectivity index (χ1v) is 14.4. The summed E-state index contributed by atoms with van der Waals surface area (Å²) in [7, 11) is 0. The molecule has 3 rings (SSSR count). The van der Waals surface area contributed by atoms with Crippen LogP contribution in [0.25, 0.3) is 0 Å². The number of benzene rings is 2. The van der Waals surface area contributed by atoms with Crippen molar-refractivity contribution in [1.82, 2.24) is 21.3 Å². The summed E-state index contributed by atoms with van der Waals surface area (Å²) in [6, 6.07) is 9.71. The van der Waals surface area contributed by atoms with Gasteiger partial charge in [0.1, 0.15) is 0 Å². The highest BCUT2D eigenvalue weighted by atomic mass is 32.2. The molecule has 2 aromatic rings. The van der Waals surface area contributed by atoms with Gasteiger partial charge in [-0.25, -0.2) is 4.79 Å². The molecule has 1 fully saturated rings. The SMILES string of the molecule is CSc1ccc(CNC2CCCCC2NC(=O)CNC(=O)c2cc(C(F)(F)F)ccc2NC(=O)NC(C)C)cc1. The number of halogens is 3. The normalized spacial score (nSPS) is 17.3. The number of hydrogen-bond donors (Lipinski definition) is 5. The van der Waals surface area contributed by atoms with Crippen molar-refractivity contribution in [2.75, 3.05) is 18.1 Å². The number of thioether (sulfide) groups is 1. The topological polar surface area (TPSA) is 111 Å². The lowest BCUT2D eigenvalue weighted by atomic mass is 9.90. The van der Waals surface area contributed by atoms with E-state index in [4.69, 9.17) is 0 Å². The third kappa shape index (κ3) is 9.44. The molecule has 12 heteroatoms. The van der Waals surface area contributed by atoms with Crippen LogP contribution in [0.4, 0.5) is 23.7 Å². The number of carbonyl (C=O) groups excluding carboxylic acids is 3. The largest absolute Gasteiger partial charge is 0.416 e. The van der Waals surface area contributed by atoms with E-state index >= 15 is 0 Å². The molecule has 0 aliphatic heterocycles. The zero-order valence-corrected chi connectivity index (χ0v) is 23.6. The summed E-state index contributed by atoms with van der Waals surface area (Å²) in [5, 5.41) is 13.8. The van der Waals surface area contributed by atoms with Crippen molar-refractivity contribution in [1.29, 1.82) is 0 Å². The van der Waals surface area contributed by atoms with Gasteiger partial charge in [-0.15, -0.1) is 11.8 Å². The molecule has 5 N–H and O–H groups in total. The number of alkyl halides is 3. The second-order valence-corrected chi connectivity index (χ2v) is 10.9. The van der Waals surface area contributed by atoms with Crippen molar-refractivity contribution in [3.8, 4) is 0 Å². The molecule has 40 heavy (non-hydrogen) atoms. The Morgan fingerprint density at radius 1 is 1.00 bits per heavy atom. The van der Waals surface area contributed by atoms with Gasteiger partial charge in [0.15, 0.2) is 0 Å². The van der Waals surface area contributed by atoms with E-state index in [1.165, 1.54) is 4.90 Å². The average molecular weight is 580 g/mol. The molecule has 218 valence electrons. The quantitative estimate of drug-likeness (QED) is 0.257. The molecule has 0 spiro atoms. The predicted octanol–water partition coefficient (Wildman–Crippen LogP) is 4.90. The third-order valence-electron chi connectivity index (χ3n) is 6.51. The van der Waals surface area contributed by atoms with E-state index in [0.717, 1.165) is 43.4 Å². The molecule has 0 saturated heterocycles. The summed E-state index contributed by atoms with van der Waals surface area (Å²) >= 11 is 1.67. The van der Waals surface area contributed by atoms with Crippen LogP contribution in [0.2, 0.25) is 0 Å². The van der Waals surface area contributed by atoms with Gasteiger partial charge < -0.3 is 26.6 Å². The van der Waals surface area contributed by atoms with Crippen molar-refractivity contribution in [3.05, 3.63) is 59.2 Å². The van der Waals surface area contributed by atoms with Crippen LogP contribution in [0.15, 0.2) is 47.4 Å². The Labute approximate surface area is 236 Å². The van der Waals surface area contributed by atoms with Gasteiger partial charge >= 0.3 is 12.2 Å².